The summed E-state index contributed by atoms with van der Waals surface area (Å²) < 4.78 is 43.8. The number of halogens is 3. The van der Waals surface area contributed by atoms with E-state index in [-0.39, 0.29) is 0 Å². The first-order chi connectivity index (χ1) is 12.3. The van der Waals surface area contributed by atoms with Gasteiger partial charge in [0, 0.05) is 37.5 Å². The monoisotopic (exact) mass is 359 g/mol. The summed E-state index contributed by atoms with van der Waals surface area (Å²) in [4.78, 5) is 10.1. The Bertz CT molecular complexity index is 893. The molecule has 0 saturated carbocycles. The molecule has 26 heavy (non-hydrogen) atoms. The zero-order valence-corrected chi connectivity index (χ0v) is 14.2. The Balaban J connectivity index is 1.83. The molecule has 0 unspecified atom stereocenters. The van der Waals surface area contributed by atoms with Crippen molar-refractivity contribution in [1.29, 1.82) is 0 Å². The van der Waals surface area contributed by atoms with Gasteiger partial charge in [-0.15, -0.1) is 0 Å². The Morgan fingerprint density at radius 2 is 1.65 bits per heavy atom. The molecule has 0 bridgehead atoms. The standard InChI is InChI=1S/C19H16F3N3O/c1-25(2)15-4-3-5-16(10-15)26-18-11-17(23-12-24-18)13-6-8-14(9-7-13)19(20,21)22/h3-12H,1-2H3. The lowest BCUT2D eigenvalue weighted by molar-refractivity contribution is -0.137. The second-order valence-corrected chi connectivity index (χ2v) is 5.81. The van der Waals surface area contributed by atoms with E-state index >= 15 is 0 Å². The quantitative estimate of drug-likeness (QED) is 0.656. The molecule has 7 heteroatoms. The van der Waals surface area contributed by atoms with E-state index in [0.29, 0.717) is 22.9 Å². The van der Waals surface area contributed by atoms with Crippen LogP contribution in [0.4, 0.5) is 18.9 Å². The summed E-state index contributed by atoms with van der Waals surface area (Å²) in [6.07, 6.45) is -3.05. The van der Waals surface area contributed by atoms with Crippen molar-refractivity contribution in [3.05, 3.63) is 66.5 Å². The van der Waals surface area contributed by atoms with E-state index in [2.05, 4.69) is 9.97 Å². The highest BCUT2D eigenvalue weighted by atomic mass is 19.4. The average molecular weight is 359 g/mol. The second-order valence-electron chi connectivity index (χ2n) is 5.81. The molecule has 0 aliphatic heterocycles. The average Bonchev–Trinajstić information content (AvgIpc) is 2.61. The zero-order chi connectivity index (χ0) is 18.7. The molecule has 0 spiro atoms. The summed E-state index contributed by atoms with van der Waals surface area (Å²) in [6, 6.07) is 13.9. The summed E-state index contributed by atoms with van der Waals surface area (Å²) in [5.74, 6) is 0.916. The molecule has 0 fully saturated rings. The minimum Gasteiger partial charge on any atom is -0.439 e. The Morgan fingerprint density at radius 1 is 0.923 bits per heavy atom. The van der Waals surface area contributed by atoms with Gasteiger partial charge in [0.1, 0.15) is 12.1 Å². The van der Waals surface area contributed by atoms with Crippen LogP contribution in [-0.4, -0.2) is 24.1 Å². The van der Waals surface area contributed by atoms with Gasteiger partial charge in [-0.05, 0) is 24.3 Å². The number of anilines is 1. The highest BCUT2D eigenvalue weighted by Gasteiger charge is 2.30. The van der Waals surface area contributed by atoms with E-state index in [9.17, 15) is 13.2 Å². The van der Waals surface area contributed by atoms with Crippen molar-refractivity contribution in [2.45, 2.75) is 6.18 Å². The molecule has 1 heterocycles. The van der Waals surface area contributed by atoms with Crippen molar-refractivity contribution in [2.75, 3.05) is 19.0 Å². The number of ether oxygens (including phenoxy) is 1. The van der Waals surface area contributed by atoms with Crippen molar-refractivity contribution >= 4 is 5.69 Å². The fourth-order valence-corrected chi connectivity index (χ4v) is 2.33. The van der Waals surface area contributed by atoms with E-state index in [4.69, 9.17) is 4.74 Å². The lowest BCUT2D eigenvalue weighted by atomic mass is 10.1. The second kappa shape index (κ2) is 7.03. The predicted molar refractivity (Wildman–Crippen MR) is 93.3 cm³/mol. The number of hydrogen-bond acceptors (Lipinski definition) is 4. The van der Waals surface area contributed by atoms with E-state index in [1.807, 2.05) is 37.2 Å². The molecule has 0 saturated heterocycles. The summed E-state index contributed by atoms with van der Waals surface area (Å²) >= 11 is 0. The van der Waals surface area contributed by atoms with Gasteiger partial charge in [-0.2, -0.15) is 13.2 Å². The van der Waals surface area contributed by atoms with E-state index < -0.39 is 11.7 Å². The fraction of sp³-hybridized carbons (Fsp3) is 0.158. The molecule has 134 valence electrons. The molecule has 2 aromatic carbocycles. The van der Waals surface area contributed by atoms with E-state index in [1.54, 1.807) is 12.1 Å². The normalized spacial score (nSPS) is 11.3. The smallest absolute Gasteiger partial charge is 0.416 e. The number of nitrogens with zero attached hydrogens (tertiary/aromatic N) is 3. The highest BCUT2D eigenvalue weighted by molar-refractivity contribution is 5.60. The summed E-state index contributed by atoms with van der Waals surface area (Å²) in [5.41, 5.74) is 1.30. The van der Waals surface area contributed by atoms with Gasteiger partial charge >= 0.3 is 6.18 Å². The molecule has 0 radical (unpaired) electrons. The molecule has 0 amide bonds. The van der Waals surface area contributed by atoms with Crippen molar-refractivity contribution in [2.24, 2.45) is 0 Å². The number of rotatable bonds is 4. The van der Waals surface area contributed by atoms with Gasteiger partial charge in [0.25, 0.3) is 0 Å². The molecule has 0 atom stereocenters. The summed E-state index contributed by atoms with van der Waals surface area (Å²) in [5, 5.41) is 0. The summed E-state index contributed by atoms with van der Waals surface area (Å²) in [7, 11) is 3.85. The number of aromatic nitrogens is 2. The van der Waals surface area contributed by atoms with Gasteiger partial charge in [-0.25, -0.2) is 9.97 Å². The SMILES string of the molecule is CN(C)c1cccc(Oc2cc(-c3ccc(C(F)(F)F)cc3)ncn2)c1. The molecule has 3 rings (SSSR count). The highest BCUT2D eigenvalue weighted by Crippen LogP contribution is 2.31. The number of benzene rings is 2. The molecular formula is C19H16F3N3O. The fourth-order valence-electron chi connectivity index (χ4n) is 2.33. The van der Waals surface area contributed by atoms with Crippen molar-refractivity contribution < 1.29 is 17.9 Å². The van der Waals surface area contributed by atoms with Crippen LogP contribution in [0.3, 0.4) is 0 Å². The maximum Gasteiger partial charge on any atom is 0.416 e. The van der Waals surface area contributed by atoms with Crippen LogP contribution < -0.4 is 9.64 Å². The predicted octanol–water partition coefficient (Wildman–Crippen LogP) is 5.02. The van der Waals surface area contributed by atoms with Crippen LogP contribution >= 0.6 is 0 Å². The first kappa shape index (κ1) is 17.7. The molecule has 0 N–H and O–H groups in total. The van der Waals surface area contributed by atoms with Gasteiger partial charge in [0.05, 0.1) is 11.3 Å². The van der Waals surface area contributed by atoms with Gasteiger partial charge in [0.2, 0.25) is 5.88 Å². The van der Waals surface area contributed by atoms with Crippen molar-refractivity contribution in [1.82, 2.24) is 9.97 Å². The van der Waals surface area contributed by atoms with Crippen LogP contribution in [0.5, 0.6) is 11.6 Å². The van der Waals surface area contributed by atoms with Gasteiger partial charge in [0.15, 0.2) is 0 Å². The number of hydrogen-bond donors (Lipinski definition) is 0. The molecule has 0 aliphatic rings. The third-order valence-electron chi connectivity index (χ3n) is 3.71. The van der Waals surface area contributed by atoms with Gasteiger partial charge in [-0.3, -0.25) is 0 Å². The molecule has 3 aromatic rings. The molecular weight excluding hydrogens is 343 g/mol. The third-order valence-corrected chi connectivity index (χ3v) is 3.71. The Kier molecular flexibility index (Phi) is 4.79. The van der Waals surface area contributed by atoms with E-state index in [0.717, 1.165) is 17.8 Å². The van der Waals surface area contributed by atoms with Crippen LogP contribution in [-0.2, 0) is 6.18 Å². The first-order valence-corrected chi connectivity index (χ1v) is 7.78. The molecule has 0 aliphatic carbocycles. The van der Waals surface area contributed by atoms with Crippen LogP contribution in [0.2, 0.25) is 0 Å². The maximum absolute atomic E-state index is 12.7. The van der Waals surface area contributed by atoms with Crippen molar-refractivity contribution in [3.8, 4) is 22.9 Å². The van der Waals surface area contributed by atoms with Crippen LogP contribution in [0, 0.1) is 0 Å². The first-order valence-electron chi connectivity index (χ1n) is 7.78. The Labute approximate surface area is 148 Å². The van der Waals surface area contributed by atoms with E-state index in [1.165, 1.54) is 18.5 Å². The van der Waals surface area contributed by atoms with Crippen LogP contribution in [0.25, 0.3) is 11.3 Å². The minimum absolute atomic E-state index is 0.311. The lowest BCUT2D eigenvalue weighted by Gasteiger charge is -2.13. The topological polar surface area (TPSA) is 38.2 Å². The van der Waals surface area contributed by atoms with Gasteiger partial charge < -0.3 is 9.64 Å². The summed E-state index contributed by atoms with van der Waals surface area (Å²) in [6.45, 7) is 0. The maximum atomic E-state index is 12.7. The van der Waals surface area contributed by atoms with Crippen LogP contribution in [0.1, 0.15) is 5.56 Å². The largest absolute Gasteiger partial charge is 0.439 e. The Morgan fingerprint density at radius 3 is 2.31 bits per heavy atom. The lowest BCUT2D eigenvalue weighted by Crippen LogP contribution is -2.08. The zero-order valence-electron chi connectivity index (χ0n) is 14.2. The molecule has 1 aromatic heterocycles. The van der Waals surface area contributed by atoms with Crippen LogP contribution in [0.15, 0.2) is 60.9 Å². The Hall–Kier alpha value is -3.09. The minimum atomic E-state index is -4.37. The number of alkyl halides is 3. The molecule has 4 nitrogen and oxygen atoms in total. The van der Waals surface area contributed by atoms with Gasteiger partial charge in [-0.1, -0.05) is 18.2 Å². The third kappa shape index (κ3) is 4.11. The van der Waals surface area contributed by atoms with Crippen molar-refractivity contribution in [3.63, 3.8) is 0 Å².